The van der Waals surface area contributed by atoms with Crippen LogP contribution in [0.4, 0.5) is 0 Å². The fourth-order valence-corrected chi connectivity index (χ4v) is 2.71. The molecule has 3 nitrogen and oxygen atoms in total. The summed E-state index contributed by atoms with van der Waals surface area (Å²) in [5.74, 6) is -0.595. The molecule has 0 aliphatic heterocycles. The zero-order chi connectivity index (χ0) is 13.0. The number of carboxylic acids is 1. The Bertz CT molecular complexity index is 537. The van der Waals surface area contributed by atoms with Crippen molar-refractivity contribution in [2.45, 2.75) is 6.42 Å². The molecule has 0 atom stereocenters. The largest absolute Gasteiger partial charge is 0.491 e. The minimum atomic E-state index is -0.984. The summed E-state index contributed by atoms with van der Waals surface area (Å²) in [7, 11) is 0. The normalized spacial score (nSPS) is 10.3. The molecule has 5 heteroatoms. The molecule has 1 aromatic heterocycles. The van der Waals surface area contributed by atoms with Crippen LogP contribution in [0.3, 0.4) is 0 Å². The first-order chi connectivity index (χ1) is 8.68. The van der Waals surface area contributed by atoms with Crippen molar-refractivity contribution >= 4 is 33.2 Å². The molecule has 0 saturated heterocycles. The lowest BCUT2D eigenvalue weighted by molar-refractivity contribution is 0.0692. The Labute approximate surface area is 117 Å². The van der Waals surface area contributed by atoms with Crippen molar-refractivity contribution in [3.05, 3.63) is 50.6 Å². The summed E-state index contributed by atoms with van der Waals surface area (Å²) >= 11 is 4.95. The molecule has 2 aromatic rings. The SMILES string of the molecule is O=C(O)c1cccc(Br)c1OCCc1ccsc1. The highest BCUT2D eigenvalue weighted by Crippen LogP contribution is 2.29. The summed E-state index contributed by atoms with van der Waals surface area (Å²) < 4.78 is 6.24. The van der Waals surface area contributed by atoms with Crippen LogP contribution in [0.1, 0.15) is 15.9 Å². The molecule has 0 bridgehead atoms. The molecule has 1 aromatic carbocycles. The fraction of sp³-hybridized carbons (Fsp3) is 0.154. The van der Waals surface area contributed by atoms with Crippen LogP contribution in [0.15, 0.2) is 39.5 Å². The van der Waals surface area contributed by atoms with Gasteiger partial charge in [0.1, 0.15) is 11.3 Å². The maximum absolute atomic E-state index is 11.1. The molecule has 0 aliphatic carbocycles. The van der Waals surface area contributed by atoms with Crippen LogP contribution in [0.2, 0.25) is 0 Å². The second-order valence-electron chi connectivity index (χ2n) is 3.65. The Hall–Kier alpha value is -1.33. The van der Waals surface area contributed by atoms with Crippen LogP contribution in [0, 0.1) is 0 Å². The third kappa shape index (κ3) is 3.11. The maximum Gasteiger partial charge on any atom is 0.339 e. The van der Waals surface area contributed by atoms with Gasteiger partial charge in [-0.3, -0.25) is 0 Å². The van der Waals surface area contributed by atoms with E-state index >= 15 is 0 Å². The molecule has 18 heavy (non-hydrogen) atoms. The smallest absolute Gasteiger partial charge is 0.339 e. The first-order valence-corrected chi connectivity index (χ1v) is 7.07. The van der Waals surface area contributed by atoms with Crippen LogP contribution in [0.5, 0.6) is 5.75 Å². The maximum atomic E-state index is 11.1. The van der Waals surface area contributed by atoms with Gasteiger partial charge in [-0.05, 0) is 50.5 Å². The Morgan fingerprint density at radius 3 is 2.89 bits per heavy atom. The van der Waals surface area contributed by atoms with E-state index in [2.05, 4.69) is 21.3 Å². The average Bonchev–Trinajstić information content (AvgIpc) is 2.84. The van der Waals surface area contributed by atoms with Crippen molar-refractivity contribution in [1.29, 1.82) is 0 Å². The molecule has 0 radical (unpaired) electrons. The topological polar surface area (TPSA) is 46.5 Å². The van der Waals surface area contributed by atoms with Crippen molar-refractivity contribution in [2.75, 3.05) is 6.61 Å². The number of aromatic carboxylic acids is 1. The lowest BCUT2D eigenvalue weighted by Crippen LogP contribution is -2.06. The zero-order valence-electron chi connectivity index (χ0n) is 9.43. The van der Waals surface area contributed by atoms with Crippen molar-refractivity contribution in [2.24, 2.45) is 0 Å². The summed E-state index contributed by atoms with van der Waals surface area (Å²) in [4.78, 5) is 11.1. The first kappa shape index (κ1) is 13.1. The Balaban J connectivity index is 2.06. The lowest BCUT2D eigenvalue weighted by atomic mass is 10.2. The van der Waals surface area contributed by atoms with Crippen LogP contribution >= 0.6 is 27.3 Å². The highest BCUT2D eigenvalue weighted by Gasteiger charge is 2.13. The van der Waals surface area contributed by atoms with E-state index in [1.54, 1.807) is 23.5 Å². The quantitative estimate of drug-likeness (QED) is 0.908. The summed E-state index contributed by atoms with van der Waals surface area (Å²) in [6, 6.07) is 7.02. The number of benzene rings is 1. The molecule has 1 N–H and O–H groups in total. The second-order valence-corrected chi connectivity index (χ2v) is 5.29. The third-order valence-electron chi connectivity index (χ3n) is 2.41. The third-order valence-corrected chi connectivity index (χ3v) is 3.77. The van der Waals surface area contributed by atoms with Gasteiger partial charge in [0.25, 0.3) is 0 Å². The van der Waals surface area contributed by atoms with Crippen molar-refractivity contribution in [1.82, 2.24) is 0 Å². The van der Waals surface area contributed by atoms with Crippen molar-refractivity contribution < 1.29 is 14.6 Å². The average molecular weight is 327 g/mol. The van der Waals surface area contributed by atoms with Gasteiger partial charge in [0, 0.05) is 6.42 Å². The Morgan fingerprint density at radius 2 is 2.22 bits per heavy atom. The van der Waals surface area contributed by atoms with E-state index in [9.17, 15) is 4.79 Å². The molecule has 0 unspecified atom stereocenters. The summed E-state index contributed by atoms with van der Waals surface area (Å²) in [6.07, 6.45) is 0.768. The summed E-state index contributed by atoms with van der Waals surface area (Å²) in [5.41, 5.74) is 1.37. The first-order valence-electron chi connectivity index (χ1n) is 5.34. The van der Waals surface area contributed by atoms with Gasteiger partial charge in [-0.15, -0.1) is 0 Å². The van der Waals surface area contributed by atoms with Gasteiger partial charge in [-0.25, -0.2) is 4.79 Å². The van der Waals surface area contributed by atoms with E-state index < -0.39 is 5.97 Å². The molecule has 0 saturated carbocycles. The molecule has 1 heterocycles. The number of thiophene rings is 1. The van der Waals surface area contributed by atoms with Crippen LogP contribution in [0.25, 0.3) is 0 Å². The van der Waals surface area contributed by atoms with E-state index in [-0.39, 0.29) is 5.56 Å². The van der Waals surface area contributed by atoms with Crippen LogP contribution in [-0.2, 0) is 6.42 Å². The van der Waals surface area contributed by atoms with E-state index in [1.807, 2.05) is 11.4 Å². The predicted molar refractivity (Wildman–Crippen MR) is 74.6 cm³/mol. The standard InChI is InChI=1S/C13H11BrO3S/c14-11-3-1-2-10(13(15)16)12(11)17-6-4-9-5-7-18-8-9/h1-3,5,7-8H,4,6H2,(H,15,16). The van der Waals surface area contributed by atoms with Gasteiger partial charge in [-0.1, -0.05) is 6.07 Å². The van der Waals surface area contributed by atoms with Gasteiger partial charge in [-0.2, -0.15) is 11.3 Å². The number of para-hydroxylation sites is 1. The highest BCUT2D eigenvalue weighted by molar-refractivity contribution is 9.10. The number of ether oxygens (including phenoxy) is 1. The van der Waals surface area contributed by atoms with E-state index in [0.29, 0.717) is 16.8 Å². The molecular formula is C13H11BrO3S. The number of hydrogen-bond acceptors (Lipinski definition) is 3. The summed E-state index contributed by atoms with van der Waals surface area (Å²) in [6.45, 7) is 0.458. The van der Waals surface area contributed by atoms with E-state index in [4.69, 9.17) is 9.84 Å². The monoisotopic (exact) mass is 326 g/mol. The molecular weight excluding hydrogens is 316 g/mol. The minimum absolute atomic E-state index is 0.176. The number of carboxylic acid groups (broad SMARTS) is 1. The van der Waals surface area contributed by atoms with E-state index in [1.165, 1.54) is 11.6 Å². The fourth-order valence-electron chi connectivity index (χ4n) is 1.53. The van der Waals surface area contributed by atoms with Crippen molar-refractivity contribution in [3.63, 3.8) is 0 Å². The zero-order valence-corrected chi connectivity index (χ0v) is 11.8. The second kappa shape index (κ2) is 6.02. The number of hydrogen-bond donors (Lipinski definition) is 1. The molecule has 0 amide bonds. The van der Waals surface area contributed by atoms with Crippen LogP contribution in [-0.4, -0.2) is 17.7 Å². The predicted octanol–water partition coefficient (Wildman–Crippen LogP) is 3.83. The Morgan fingerprint density at radius 1 is 1.39 bits per heavy atom. The van der Waals surface area contributed by atoms with Gasteiger partial charge >= 0.3 is 5.97 Å². The van der Waals surface area contributed by atoms with Gasteiger partial charge < -0.3 is 9.84 Å². The van der Waals surface area contributed by atoms with Gasteiger partial charge in [0.05, 0.1) is 11.1 Å². The Kier molecular flexibility index (Phi) is 4.38. The molecule has 0 spiro atoms. The molecule has 2 rings (SSSR count). The number of halogens is 1. The van der Waals surface area contributed by atoms with Crippen LogP contribution < -0.4 is 4.74 Å². The number of carbonyl (C=O) groups is 1. The molecule has 0 fully saturated rings. The highest BCUT2D eigenvalue weighted by atomic mass is 79.9. The minimum Gasteiger partial charge on any atom is -0.491 e. The lowest BCUT2D eigenvalue weighted by Gasteiger charge is -2.10. The van der Waals surface area contributed by atoms with Gasteiger partial charge in [0.2, 0.25) is 0 Å². The number of rotatable bonds is 5. The van der Waals surface area contributed by atoms with E-state index in [0.717, 1.165) is 6.42 Å². The van der Waals surface area contributed by atoms with Gasteiger partial charge in [0.15, 0.2) is 0 Å². The summed E-state index contributed by atoms with van der Waals surface area (Å²) in [5, 5.41) is 13.1. The van der Waals surface area contributed by atoms with Crippen molar-refractivity contribution in [3.8, 4) is 5.75 Å². The molecule has 0 aliphatic rings. The molecule has 94 valence electrons.